The van der Waals surface area contributed by atoms with Crippen LogP contribution in [0.3, 0.4) is 0 Å². The van der Waals surface area contributed by atoms with Crippen LogP contribution in [0.5, 0.6) is 5.75 Å². The third-order valence-electron chi connectivity index (χ3n) is 6.95. The van der Waals surface area contributed by atoms with Crippen LogP contribution in [0.4, 0.5) is 13.6 Å². The van der Waals surface area contributed by atoms with Crippen molar-refractivity contribution in [3.8, 4) is 11.8 Å². The van der Waals surface area contributed by atoms with Crippen molar-refractivity contribution in [3.05, 3.63) is 59.0 Å². The molecule has 1 N–H and O–H groups in total. The molecule has 2 heterocycles. The van der Waals surface area contributed by atoms with Gasteiger partial charge in [-0.2, -0.15) is 14.0 Å². The van der Waals surface area contributed by atoms with Crippen molar-refractivity contribution in [1.29, 1.82) is 5.26 Å². The van der Waals surface area contributed by atoms with Gasteiger partial charge in [0.1, 0.15) is 29.5 Å². The molecule has 0 fully saturated rings. The van der Waals surface area contributed by atoms with E-state index in [1.165, 1.54) is 23.8 Å². The second-order valence-electron chi connectivity index (χ2n) is 13.0. The number of aliphatic hydroxyl groups is 1. The van der Waals surface area contributed by atoms with Crippen LogP contribution in [-0.2, 0) is 21.8 Å². The first-order chi connectivity index (χ1) is 19.9. The predicted molar refractivity (Wildman–Crippen MR) is 162 cm³/mol. The van der Waals surface area contributed by atoms with E-state index in [-0.39, 0.29) is 23.9 Å². The van der Waals surface area contributed by atoms with Crippen LogP contribution in [-0.4, -0.2) is 52.2 Å². The Kier molecular flexibility index (Phi) is 8.75. The lowest BCUT2D eigenvalue weighted by Gasteiger charge is -2.28. The summed E-state index contributed by atoms with van der Waals surface area (Å²) in [5.74, 6) is -0.164. The highest BCUT2D eigenvalue weighted by atomic mass is 28.3. The summed E-state index contributed by atoms with van der Waals surface area (Å²) in [5.41, 5.74) is -0.592. The van der Waals surface area contributed by atoms with Gasteiger partial charge in [-0.1, -0.05) is 19.6 Å². The summed E-state index contributed by atoms with van der Waals surface area (Å²) in [6.07, 6.45) is 0.810. The molecule has 0 aliphatic rings. The highest BCUT2D eigenvalue weighted by molar-refractivity contribution is 6.76. The Morgan fingerprint density at radius 2 is 1.86 bits per heavy atom. The zero-order valence-corrected chi connectivity index (χ0v) is 26.8. The number of hydrogen-bond acceptors (Lipinski definition) is 7. The Hall–Kier alpha value is -3.79. The maximum Gasteiger partial charge on any atom is 0.419 e. The van der Waals surface area contributed by atoms with Crippen LogP contribution in [0.2, 0.25) is 25.7 Å². The summed E-state index contributed by atoms with van der Waals surface area (Å²) in [6, 6.07) is 10.9. The van der Waals surface area contributed by atoms with Crippen molar-refractivity contribution in [2.24, 2.45) is 0 Å². The monoisotopic (exact) mass is 612 g/mol. The lowest BCUT2D eigenvalue weighted by Crippen LogP contribution is -2.30. The molecule has 12 heteroatoms. The standard InChI is InChI=1S/C31H38F2N4O5Si/c1-19-15-24(41-28(32)33)25(21-11-12-36(26(19)21)29(38)42-30(2,3)4)31(5,39)27-35-22-16-20(17-34)9-10-23(22)37(27)18-40-13-14-43(6,7)8/h9-12,15-16,28,39H,13-14,18H2,1-8H3. The number of carbonyl (C=O) groups excluding carboxylic acids is 1. The van der Waals surface area contributed by atoms with Gasteiger partial charge in [-0.05, 0) is 76.6 Å². The van der Waals surface area contributed by atoms with Crippen molar-refractivity contribution in [1.82, 2.24) is 14.1 Å². The molecule has 9 nitrogen and oxygen atoms in total. The molecule has 1 unspecified atom stereocenters. The number of rotatable bonds is 9. The molecule has 0 aliphatic heterocycles. The molecule has 0 saturated carbocycles. The van der Waals surface area contributed by atoms with Crippen molar-refractivity contribution >= 4 is 36.1 Å². The molecular weight excluding hydrogens is 574 g/mol. The van der Waals surface area contributed by atoms with Gasteiger partial charge in [-0.15, -0.1) is 0 Å². The number of carbonyl (C=O) groups is 1. The number of aromatic nitrogens is 3. The van der Waals surface area contributed by atoms with E-state index in [0.717, 1.165) is 6.04 Å². The second-order valence-corrected chi connectivity index (χ2v) is 18.6. The fraction of sp³-hybridized carbons (Fsp3) is 0.452. The molecule has 0 bridgehead atoms. The van der Waals surface area contributed by atoms with Crippen molar-refractivity contribution in [3.63, 3.8) is 0 Å². The van der Waals surface area contributed by atoms with E-state index in [4.69, 9.17) is 14.2 Å². The maximum absolute atomic E-state index is 13.7. The molecule has 0 radical (unpaired) electrons. The predicted octanol–water partition coefficient (Wildman–Crippen LogP) is 7.12. The number of alkyl halides is 2. The number of hydrogen-bond donors (Lipinski definition) is 1. The summed E-state index contributed by atoms with van der Waals surface area (Å²) in [6.45, 7) is 12.3. The molecule has 4 rings (SSSR count). The number of ether oxygens (including phenoxy) is 3. The number of halogens is 2. The molecule has 0 spiro atoms. The van der Waals surface area contributed by atoms with E-state index in [1.54, 1.807) is 56.5 Å². The molecule has 0 saturated heterocycles. The van der Waals surface area contributed by atoms with Crippen molar-refractivity contribution < 1.29 is 32.9 Å². The Labute approximate surface area is 250 Å². The fourth-order valence-corrected chi connectivity index (χ4v) is 5.77. The lowest BCUT2D eigenvalue weighted by atomic mass is 9.89. The van der Waals surface area contributed by atoms with Crippen LogP contribution in [0.15, 0.2) is 36.5 Å². The van der Waals surface area contributed by atoms with Gasteiger partial charge in [0.2, 0.25) is 0 Å². The highest BCUT2D eigenvalue weighted by Crippen LogP contribution is 2.43. The van der Waals surface area contributed by atoms with Gasteiger partial charge < -0.3 is 23.9 Å². The van der Waals surface area contributed by atoms with Crippen LogP contribution >= 0.6 is 0 Å². The highest BCUT2D eigenvalue weighted by Gasteiger charge is 2.38. The van der Waals surface area contributed by atoms with Gasteiger partial charge in [0, 0.05) is 31.8 Å². The van der Waals surface area contributed by atoms with Gasteiger partial charge in [-0.25, -0.2) is 9.78 Å². The van der Waals surface area contributed by atoms with E-state index in [2.05, 4.69) is 30.7 Å². The molecule has 1 atom stereocenters. The molecule has 2 aromatic carbocycles. The molecule has 43 heavy (non-hydrogen) atoms. The topological polar surface area (TPSA) is 112 Å². The van der Waals surface area contributed by atoms with Crippen LogP contribution in [0, 0.1) is 18.3 Å². The first kappa shape index (κ1) is 32.1. The minimum atomic E-state index is -3.18. The lowest BCUT2D eigenvalue weighted by molar-refractivity contribution is -0.0528. The number of fused-ring (bicyclic) bond motifs is 2. The van der Waals surface area contributed by atoms with Crippen molar-refractivity contribution in [2.75, 3.05) is 6.61 Å². The third-order valence-corrected chi connectivity index (χ3v) is 8.65. The van der Waals surface area contributed by atoms with Crippen LogP contribution < -0.4 is 4.74 Å². The summed E-state index contributed by atoms with van der Waals surface area (Å²) < 4.78 is 47.0. The minimum absolute atomic E-state index is 0.00475. The van der Waals surface area contributed by atoms with Gasteiger partial charge >= 0.3 is 12.7 Å². The molecule has 2 aromatic heterocycles. The van der Waals surface area contributed by atoms with E-state index >= 15 is 0 Å². The zero-order chi connectivity index (χ0) is 31.9. The van der Waals surface area contributed by atoms with Gasteiger partial charge in [0.25, 0.3) is 0 Å². The second kappa shape index (κ2) is 11.7. The third kappa shape index (κ3) is 6.90. The van der Waals surface area contributed by atoms with E-state index in [0.29, 0.717) is 39.7 Å². The summed E-state index contributed by atoms with van der Waals surface area (Å²) in [4.78, 5) is 17.8. The first-order valence-electron chi connectivity index (χ1n) is 14.0. The normalized spacial score (nSPS) is 13.8. The Bertz CT molecular complexity index is 1710. The van der Waals surface area contributed by atoms with E-state index in [1.807, 2.05) is 0 Å². The SMILES string of the molecule is Cc1cc(OC(F)F)c(C(C)(O)c2nc3cc(C#N)ccc3n2COCC[Si](C)(C)C)c2ccn(C(=O)OC(C)(C)C)c12. The quantitative estimate of drug-likeness (QED) is 0.158. The summed E-state index contributed by atoms with van der Waals surface area (Å²) in [7, 11) is -1.39. The maximum atomic E-state index is 13.7. The molecule has 230 valence electrons. The number of aryl methyl sites for hydroxylation is 1. The summed E-state index contributed by atoms with van der Waals surface area (Å²) >= 11 is 0. The smallest absolute Gasteiger partial charge is 0.419 e. The van der Waals surface area contributed by atoms with Crippen molar-refractivity contribution in [2.45, 2.75) is 84.8 Å². The largest absolute Gasteiger partial charge is 0.443 e. The van der Waals surface area contributed by atoms with Crippen LogP contribution in [0.25, 0.3) is 21.9 Å². The van der Waals surface area contributed by atoms with E-state index < -0.39 is 32.0 Å². The Balaban J connectivity index is 1.94. The van der Waals surface area contributed by atoms with Crippen LogP contribution in [0.1, 0.15) is 50.2 Å². The van der Waals surface area contributed by atoms with E-state index in [9.17, 15) is 23.9 Å². The Morgan fingerprint density at radius 1 is 1.16 bits per heavy atom. The number of nitriles is 1. The molecule has 0 aliphatic carbocycles. The molecular formula is C31H38F2N4O5Si. The summed E-state index contributed by atoms with van der Waals surface area (Å²) in [5, 5.41) is 22.1. The number of benzene rings is 2. The fourth-order valence-electron chi connectivity index (χ4n) is 5.01. The average Bonchev–Trinajstić information content (AvgIpc) is 3.47. The van der Waals surface area contributed by atoms with Gasteiger partial charge in [-0.3, -0.25) is 4.57 Å². The van der Waals surface area contributed by atoms with Gasteiger partial charge in [0.05, 0.1) is 28.2 Å². The average molecular weight is 613 g/mol. The van der Waals surface area contributed by atoms with Gasteiger partial charge in [0.15, 0.2) is 0 Å². The zero-order valence-electron chi connectivity index (χ0n) is 25.8. The number of nitrogens with zero attached hydrogens (tertiary/aromatic N) is 4. The molecule has 4 aromatic rings. The molecule has 0 amide bonds. The number of imidazole rings is 1. The first-order valence-corrected chi connectivity index (χ1v) is 17.7. The minimum Gasteiger partial charge on any atom is -0.443 e. The Morgan fingerprint density at radius 3 is 2.47 bits per heavy atom.